The number of nitriles is 1. The third-order valence-corrected chi connectivity index (χ3v) is 5.41. The minimum absolute atomic E-state index is 0.0333. The van der Waals surface area contributed by atoms with Crippen molar-refractivity contribution in [2.75, 3.05) is 13.1 Å². The van der Waals surface area contributed by atoms with Gasteiger partial charge in [0.25, 0.3) is 0 Å². The van der Waals surface area contributed by atoms with Crippen molar-refractivity contribution in [3.05, 3.63) is 48.7 Å². The Morgan fingerprint density at radius 2 is 2.09 bits per heavy atom. The smallest absolute Gasteiger partial charge is 0.150 e. The Balaban J connectivity index is 1.53. The first-order chi connectivity index (χ1) is 10.7. The van der Waals surface area contributed by atoms with Crippen LogP contribution in [0.2, 0.25) is 0 Å². The molecule has 0 N–H and O–H groups in total. The minimum atomic E-state index is -0.754. The number of para-hydroxylation sites is 1. The number of hydrogen-bond donors (Lipinski definition) is 0. The summed E-state index contributed by atoms with van der Waals surface area (Å²) in [7, 11) is 0. The number of aromatic nitrogens is 1. The highest BCUT2D eigenvalue weighted by Gasteiger charge is 2.47. The molecule has 1 aromatic carbocycles. The standard InChI is InChI=1S/C18H18ClN3/c19-18(13-20)11-14-5-6-17(18)22(12-14)10-9-21-8-7-15-3-1-2-4-16(15)21/h1-8,14,17H,9-12H2. The number of nitrogens with zero attached hydrogens (tertiary/aromatic N) is 3. The van der Waals surface area contributed by atoms with Crippen LogP contribution in [0.3, 0.4) is 0 Å². The number of halogens is 1. The van der Waals surface area contributed by atoms with Gasteiger partial charge in [0.05, 0.1) is 12.1 Å². The molecule has 0 spiro atoms. The van der Waals surface area contributed by atoms with Crippen LogP contribution in [0, 0.1) is 17.2 Å². The molecule has 2 aliphatic heterocycles. The van der Waals surface area contributed by atoms with Crippen LogP contribution >= 0.6 is 11.6 Å². The maximum Gasteiger partial charge on any atom is 0.150 e. The molecule has 3 heterocycles. The Morgan fingerprint density at radius 1 is 1.23 bits per heavy atom. The van der Waals surface area contributed by atoms with Gasteiger partial charge in [-0.05, 0) is 29.9 Å². The molecule has 1 aromatic heterocycles. The molecular weight excluding hydrogens is 294 g/mol. The Hall–Kier alpha value is -1.76. The molecule has 3 nitrogen and oxygen atoms in total. The van der Waals surface area contributed by atoms with E-state index in [4.69, 9.17) is 11.6 Å². The number of hydrogen-bond acceptors (Lipinski definition) is 2. The van der Waals surface area contributed by atoms with E-state index in [1.54, 1.807) is 0 Å². The number of piperidine rings is 1. The highest BCUT2D eigenvalue weighted by atomic mass is 35.5. The van der Waals surface area contributed by atoms with Gasteiger partial charge in [0.15, 0.2) is 4.87 Å². The summed E-state index contributed by atoms with van der Waals surface area (Å²) in [5.41, 5.74) is 1.26. The van der Waals surface area contributed by atoms with Crippen LogP contribution in [0.1, 0.15) is 6.42 Å². The Bertz CT molecular complexity index is 772. The minimum Gasteiger partial charge on any atom is -0.346 e. The molecule has 3 unspecified atom stereocenters. The van der Waals surface area contributed by atoms with Crippen molar-refractivity contribution < 1.29 is 0 Å². The molecule has 5 rings (SSSR count). The highest BCUT2D eigenvalue weighted by molar-refractivity contribution is 6.26. The van der Waals surface area contributed by atoms with E-state index in [2.05, 4.69) is 64.2 Å². The Kier molecular flexibility index (Phi) is 3.25. The van der Waals surface area contributed by atoms with Gasteiger partial charge in [0.2, 0.25) is 0 Å². The van der Waals surface area contributed by atoms with Gasteiger partial charge in [-0.1, -0.05) is 30.4 Å². The monoisotopic (exact) mass is 311 g/mol. The number of benzene rings is 1. The van der Waals surface area contributed by atoms with Crippen LogP contribution < -0.4 is 0 Å². The van der Waals surface area contributed by atoms with Crippen molar-refractivity contribution in [2.24, 2.45) is 5.92 Å². The van der Waals surface area contributed by atoms with Gasteiger partial charge < -0.3 is 4.57 Å². The summed E-state index contributed by atoms with van der Waals surface area (Å²) in [4.78, 5) is 1.61. The van der Waals surface area contributed by atoms with Gasteiger partial charge >= 0.3 is 0 Å². The van der Waals surface area contributed by atoms with Crippen LogP contribution in [0.4, 0.5) is 0 Å². The van der Waals surface area contributed by atoms with E-state index in [0.717, 1.165) is 26.1 Å². The Morgan fingerprint density at radius 3 is 2.91 bits per heavy atom. The van der Waals surface area contributed by atoms with Crippen molar-refractivity contribution in [3.63, 3.8) is 0 Å². The largest absolute Gasteiger partial charge is 0.346 e. The van der Waals surface area contributed by atoms with Crippen molar-refractivity contribution in [1.29, 1.82) is 5.26 Å². The normalized spacial score (nSPS) is 30.7. The van der Waals surface area contributed by atoms with E-state index >= 15 is 0 Å². The van der Waals surface area contributed by atoms with E-state index in [1.165, 1.54) is 10.9 Å². The maximum atomic E-state index is 9.44. The van der Waals surface area contributed by atoms with Crippen LogP contribution in [0.25, 0.3) is 10.9 Å². The maximum absolute atomic E-state index is 9.44. The summed E-state index contributed by atoms with van der Waals surface area (Å²) in [5.74, 6) is 0.406. The average molecular weight is 312 g/mol. The van der Waals surface area contributed by atoms with Gasteiger partial charge in [0, 0.05) is 31.3 Å². The molecular formula is C18H18ClN3. The highest BCUT2D eigenvalue weighted by Crippen LogP contribution is 2.41. The fourth-order valence-corrected chi connectivity index (χ4v) is 4.26. The fraction of sp³-hybridized carbons (Fsp3) is 0.389. The van der Waals surface area contributed by atoms with Crippen LogP contribution in [0.15, 0.2) is 48.7 Å². The SMILES string of the molecule is N#CC1(Cl)CC2C=CC1N(CCn1ccc3ccccc31)C2. The van der Waals surface area contributed by atoms with Crippen molar-refractivity contribution >= 4 is 22.5 Å². The van der Waals surface area contributed by atoms with Gasteiger partial charge in [0.1, 0.15) is 0 Å². The number of rotatable bonds is 3. The molecule has 3 aliphatic rings. The fourth-order valence-electron chi connectivity index (χ4n) is 3.85. The van der Waals surface area contributed by atoms with E-state index in [-0.39, 0.29) is 6.04 Å². The lowest BCUT2D eigenvalue weighted by molar-refractivity contribution is 0.115. The molecule has 2 aromatic rings. The first kappa shape index (κ1) is 13.9. The topological polar surface area (TPSA) is 32.0 Å². The van der Waals surface area contributed by atoms with Gasteiger partial charge in [-0.3, -0.25) is 4.90 Å². The third-order valence-electron chi connectivity index (χ3n) is 4.95. The predicted octanol–water partition coefficient (Wildman–Crippen LogP) is 3.40. The second kappa shape index (κ2) is 5.15. The molecule has 1 aliphatic carbocycles. The van der Waals surface area contributed by atoms with E-state index in [9.17, 15) is 5.26 Å². The second-order valence-corrected chi connectivity index (χ2v) is 7.01. The predicted molar refractivity (Wildman–Crippen MR) is 88.7 cm³/mol. The van der Waals surface area contributed by atoms with E-state index < -0.39 is 4.87 Å². The lowest BCUT2D eigenvalue weighted by Gasteiger charge is -2.48. The first-order valence-corrected chi connectivity index (χ1v) is 8.14. The molecule has 1 saturated heterocycles. The van der Waals surface area contributed by atoms with E-state index in [1.807, 2.05) is 0 Å². The molecule has 0 saturated carbocycles. The molecule has 0 radical (unpaired) electrons. The average Bonchev–Trinajstić information content (AvgIpc) is 2.96. The molecule has 22 heavy (non-hydrogen) atoms. The van der Waals surface area contributed by atoms with Crippen LogP contribution in [-0.2, 0) is 6.54 Å². The number of fused-ring (bicyclic) bond motifs is 3. The quantitative estimate of drug-likeness (QED) is 0.643. The molecule has 0 amide bonds. The van der Waals surface area contributed by atoms with Crippen molar-refractivity contribution in [3.8, 4) is 6.07 Å². The molecule has 112 valence electrons. The zero-order valence-electron chi connectivity index (χ0n) is 12.3. The van der Waals surface area contributed by atoms with Gasteiger partial charge in [-0.15, -0.1) is 11.6 Å². The molecule has 1 fully saturated rings. The summed E-state index contributed by atoms with van der Waals surface area (Å²) < 4.78 is 2.28. The zero-order chi connectivity index (χ0) is 15.2. The lowest BCUT2D eigenvalue weighted by Crippen LogP contribution is -2.58. The summed E-state index contributed by atoms with van der Waals surface area (Å²) >= 11 is 6.55. The molecule has 3 atom stereocenters. The summed E-state index contributed by atoms with van der Waals surface area (Å²) in [6, 6.07) is 12.9. The summed E-state index contributed by atoms with van der Waals surface area (Å²) in [6.45, 7) is 2.85. The van der Waals surface area contributed by atoms with Crippen molar-refractivity contribution in [2.45, 2.75) is 23.9 Å². The van der Waals surface area contributed by atoms with Gasteiger partial charge in [-0.2, -0.15) is 5.26 Å². The van der Waals surface area contributed by atoms with E-state index in [0.29, 0.717) is 5.92 Å². The third kappa shape index (κ3) is 2.15. The zero-order valence-corrected chi connectivity index (χ0v) is 13.1. The summed E-state index contributed by atoms with van der Waals surface area (Å²) in [5, 5.41) is 10.7. The molecule has 2 bridgehead atoms. The van der Waals surface area contributed by atoms with Gasteiger partial charge in [-0.25, -0.2) is 0 Å². The van der Waals surface area contributed by atoms with Crippen LogP contribution in [-0.4, -0.2) is 33.5 Å². The number of alkyl halides is 1. The first-order valence-electron chi connectivity index (χ1n) is 7.76. The lowest BCUT2D eigenvalue weighted by atomic mass is 9.77. The van der Waals surface area contributed by atoms with Crippen molar-refractivity contribution in [1.82, 2.24) is 9.47 Å². The molecule has 4 heteroatoms. The van der Waals surface area contributed by atoms with Crippen LogP contribution in [0.5, 0.6) is 0 Å². The second-order valence-electron chi connectivity index (χ2n) is 6.33. The Labute approximate surface area is 135 Å². The summed E-state index contributed by atoms with van der Waals surface area (Å²) in [6.07, 6.45) is 7.27.